The van der Waals surface area contributed by atoms with Crippen molar-refractivity contribution < 1.29 is 19.4 Å². The third-order valence-corrected chi connectivity index (χ3v) is 2.21. The molecular weight excluding hydrogens is 236 g/mol. The zero-order valence-corrected chi connectivity index (χ0v) is 11.5. The van der Waals surface area contributed by atoms with Crippen molar-refractivity contribution in [2.75, 3.05) is 6.61 Å². The van der Waals surface area contributed by atoms with Gasteiger partial charge in [-0.2, -0.15) is 5.10 Å². The fraction of sp³-hybridized carbons (Fsp3) is 0.583. The van der Waals surface area contributed by atoms with Gasteiger partial charge in [-0.15, -0.1) is 0 Å². The molecule has 0 unspecified atom stereocenters. The van der Waals surface area contributed by atoms with Gasteiger partial charge in [-0.3, -0.25) is 4.79 Å². The molecule has 0 saturated carbocycles. The molecule has 0 fully saturated rings. The minimum atomic E-state index is -1.10. The summed E-state index contributed by atoms with van der Waals surface area (Å²) in [5.41, 5.74) is 1.20. The first-order chi connectivity index (χ1) is 8.47. The Balaban J connectivity index is 0.00000137. The fourth-order valence-corrected chi connectivity index (χ4v) is 1.39. The van der Waals surface area contributed by atoms with Crippen molar-refractivity contribution in [3.05, 3.63) is 17.0 Å². The van der Waals surface area contributed by atoms with Crippen LogP contribution in [0, 0.1) is 13.8 Å². The van der Waals surface area contributed by atoms with E-state index >= 15 is 0 Å². The van der Waals surface area contributed by atoms with Crippen molar-refractivity contribution in [3.63, 3.8) is 0 Å². The lowest BCUT2D eigenvalue weighted by Crippen LogP contribution is -2.19. The Labute approximate surface area is 107 Å². The van der Waals surface area contributed by atoms with E-state index in [2.05, 4.69) is 5.10 Å². The van der Waals surface area contributed by atoms with Gasteiger partial charge in [-0.25, -0.2) is 9.48 Å². The molecule has 0 spiro atoms. The summed E-state index contributed by atoms with van der Waals surface area (Å²) in [7, 11) is 0. The van der Waals surface area contributed by atoms with Gasteiger partial charge in [0.15, 0.2) is 0 Å². The summed E-state index contributed by atoms with van der Waals surface area (Å²) in [6.07, 6.45) is 0. The molecule has 0 saturated heterocycles. The van der Waals surface area contributed by atoms with E-state index in [0.29, 0.717) is 11.3 Å². The van der Waals surface area contributed by atoms with Crippen LogP contribution in [0.1, 0.15) is 42.5 Å². The second-order valence-corrected chi connectivity index (χ2v) is 3.33. The Morgan fingerprint density at radius 3 is 2.33 bits per heavy atom. The van der Waals surface area contributed by atoms with Crippen molar-refractivity contribution in [3.8, 4) is 0 Å². The second-order valence-electron chi connectivity index (χ2n) is 3.33. The van der Waals surface area contributed by atoms with Crippen LogP contribution in [0.15, 0.2) is 0 Å². The number of esters is 1. The normalized spacial score (nSPS) is 9.39. The highest BCUT2D eigenvalue weighted by molar-refractivity contribution is 5.88. The molecule has 0 aliphatic heterocycles. The quantitative estimate of drug-likeness (QED) is 0.830. The summed E-state index contributed by atoms with van der Waals surface area (Å²) in [6, 6.07) is 0. The number of nitrogens with zero attached hydrogens (tertiary/aromatic N) is 2. The van der Waals surface area contributed by atoms with E-state index in [1.807, 2.05) is 13.8 Å². The van der Waals surface area contributed by atoms with Crippen LogP contribution >= 0.6 is 0 Å². The van der Waals surface area contributed by atoms with E-state index in [0.717, 1.165) is 4.68 Å². The summed E-state index contributed by atoms with van der Waals surface area (Å²) in [5, 5.41) is 13.0. The van der Waals surface area contributed by atoms with E-state index in [1.54, 1.807) is 20.8 Å². The number of hydrogen-bond donors (Lipinski definition) is 1. The topological polar surface area (TPSA) is 81.4 Å². The molecule has 1 heterocycles. The molecule has 0 bridgehead atoms. The lowest BCUT2D eigenvalue weighted by molar-refractivity contribution is -0.144. The van der Waals surface area contributed by atoms with Crippen LogP contribution in [0.3, 0.4) is 0 Å². The van der Waals surface area contributed by atoms with Gasteiger partial charge >= 0.3 is 11.9 Å². The number of carboxylic acid groups (broad SMARTS) is 1. The monoisotopic (exact) mass is 256 g/mol. The second kappa shape index (κ2) is 7.47. The first kappa shape index (κ1) is 16.1. The first-order valence-corrected chi connectivity index (χ1v) is 5.90. The highest BCUT2D eigenvalue weighted by atomic mass is 16.5. The van der Waals surface area contributed by atoms with E-state index in [1.165, 1.54) is 0 Å². The van der Waals surface area contributed by atoms with Crippen molar-refractivity contribution in [1.82, 2.24) is 9.78 Å². The lowest BCUT2D eigenvalue weighted by atomic mass is 10.2. The van der Waals surface area contributed by atoms with Crippen LogP contribution in [0.4, 0.5) is 0 Å². The van der Waals surface area contributed by atoms with Gasteiger partial charge in [0.1, 0.15) is 12.2 Å². The Morgan fingerprint density at radius 1 is 1.33 bits per heavy atom. The van der Waals surface area contributed by atoms with E-state index in [4.69, 9.17) is 9.84 Å². The smallest absolute Gasteiger partial charge is 0.354 e. The standard InChI is InChI=1S/C10H14N2O4.C2H6/c1-4-16-8(13)5-12-9(10(14)15)6(2)7(3)11-12;1-2/h4-5H2,1-3H3,(H,14,15);1-2H3. The first-order valence-electron chi connectivity index (χ1n) is 5.90. The lowest BCUT2D eigenvalue weighted by Gasteiger charge is -2.04. The number of aromatic nitrogens is 2. The van der Waals surface area contributed by atoms with E-state index in [9.17, 15) is 9.59 Å². The molecule has 6 nitrogen and oxygen atoms in total. The summed E-state index contributed by atoms with van der Waals surface area (Å²) >= 11 is 0. The Hall–Kier alpha value is -1.85. The SMILES string of the molecule is CC.CCOC(=O)Cn1nc(C)c(C)c1C(=O)O. The number of aryl methyl sites for hydroxylation is 1. The minimum Gasteiger partial charge on any atom is -0.477 e. The highest BCUT2D eigenvalue weighted by Gasteiger charge is 2.19. The number of hydrogen-bond acceptors (Lipinski definition) is 4. The van der Waals surface area contributed by atoms with Gasteiger partial charge in [0.25, 0.3) is 0 Å². The average Bonchev–Trinajstić information content (AvgIpc) is 2.57. The maximum Gasteiger partial charge on any atom is 0.354 e. The molecule has 0 radical (unpaired) electrons. The predicted molar refractivity (Wildman–Crippen MR) is 66.6 cm³/mol. The fourth-order valence-electron chi connectivity index (χ4n) is 1.39. The molecule has 102 valence electrons. The van der Waals surface area contributed by atoms with Crippen LogP contribution in [0.25, 0.3) is 0 Å². The van der Waals surface area contributed by atoms with Gasteiger partial charge in [-0.05, 0) is 20.8 Å². The van der Waals surface area contributed by atoms with Gasteiger partial charge in [0, 0.05) is 5.56 Å². The maximum absolute atomic E-state index is 11.2. The van der Waals surface area contributed by atoms with Crippen LogP contribution in [-0.2, 0) is 16.1 Å². The van der Waals surface area contributed by atoms with Gasteiger partial charge in [0.2, 0.25) is 0 Å². The predicted octanol–water partition coefficient (Wildman–Crippen LogP) is 1.79. The molecule has 1 aromatic heterocycles. The summed E-state index contributed by atoms with van der Waals surface area (Å²) < 4.78 is 5.89. The van der Waals surface area contributed by atoms with Crippen molar-refractivity contribution in [1.29, 1.82) is 0 Å². The van der Waals surface area contributed by atoms with Crippen molar-refractivity contribution in [2.24, 2.45) is 0 Å². The molecule has 1 rings (SSSR count). The molecule has 0 amide bonds. The van der Waals surface area contributed by atoms with E-state index < -0.39 is 11.9 Å². The Bertz CT molecular complexity index is 424. The molecule has 18 heavy (non-hydrogen) atoms. The maximum atomic E-state index is 11.2. The summed E-state index contributed by atoms with van der Waals surface area (Å²) in [4.78, 5) is 22.2. The van der Waals surface area contributed by atoms with Gasteiger partial charge in [-0.1, -0.05) is 13.8 Å². The van der Waals surface area contributed by atoms with Crippen molar-refractivity contribution in [2.45, 2.75) is 41.2 Å². The number of carboxylic acids is 1. The number of rotatable bonds is 4. The molecule has 0 aliphatic carbocycles. The Kier molecular flexibility index (Phi) is 6.70. The van der Waals surface area contributed by atoms with Crippen LogP contribution < -0.4 is 0 Å². The van der Waals surface area contributed by atoms with Gasteiger partial charge < -0.3 is 9.84 Å². The Morgan fingerprint density at radius 2 is 1.89 bits per heavy atom. The molecule has 1 aromatic rings. The van der Waals surface area contributed by atoms with Crippen LogP contribution in [-0.4, -0.2) is 33.4 Å². The summed E-state index contributed by atoms with van der Waals surface area (Å²) in [6.45, 7) is 9.14. The number of aromatic carboxylic acids is 1. The van der Waals surface area contributed by atoms with E-state index in [-0.39, 0.29) is 18.8 Å². The number of ether oxygens (including phenoxy) is 1. The average molecular weight is 256 g/mol. The highest BCUT2D eigenvalue weighted by Crippen LogP contribution is 2.12. The van der Waals surface area contributed by atoms with Crippen LogP contribution in [0.2, 0.25) is 0 Å². The number of carbonyl (C=O) groups excluding carboxylic acids is 1. The van der Waals surface area contributed by atoms with Crippen molar-refractivity contribution >= 4 is 11.9 Å². The molecule has 0 atom stereocenters. The zero-order valence-electron chi connectivity index (χ0n) is 11.5. The molecule has 0 aromatic carbocycles. The molecule has 0 aliphatic rings. The summed E-state index contributed by atoms with van der Waals surface area (Å²) in [5.74, 6) is -1.59. The minimum absolute atomic E-state index is 0.0329. The largest absolute Gasteiger partial charge is 0.477 e. The third kappa shape index (κ3) is 3.87. The molecule has 6 heteroatoms. The van der Waals surface area contributed by atoms with Gasteiger partial charge in [0.05, 0.1) is 12.3 Å². The third-order valence-electron chi connectivity index (χ3n) is 2.21. The molecule has 1 N–H and O–H groups in total. The van der Waals surface area contributed by atoms with Crippen LogP contribution in [0.5, 0.6) is 0 Å². The molecular formula is C12H20N2O4. The number of carbonyl (C=O) groups is 2. The zero-order chi connectivity index (χ0) is 14.3.